The molecule has 3 nitrogen and oxygen atoms in total. The van der Waals surface area contributed by atoms with Gasteiger partial charge in [-0.15, -0.1) is 0 Å². The number of esters is 1. The number of aryl methyl sites for hydroxylation is 1. The van der Waals surface area contributed by atoms with E-state index in [2.05, 4.69) is 0 Å². The van der Waals surface area contributed by atoms with Gasteiger partial charge >= 0.3 is 5.97 Å². The van der Waals surface area contributed by atoms with E-state index in [9.17, 15) is 4.79 Å². The van der Waals surface area contributed by atoms with Crippen molar-refractivity contribution < 1.29 is 14.3 Å². The Morgan fingerprint density at radius 2 is 1.68 bits per heavy atom. The topological polar surface area (TPSA) is 35.5 Å². The van der Waals surface area contributed by atoms with Gasteiger partial charge in [-0.25, -0.2) is 0 Å². The van der Waals surface area contributed by atoms with Gasteiger partial charge in [-0.05, 0) is 48.9 Å². The third-order valence-corrected chi connectivity index (χ3v) is 3.73. The molecule has 0 spiro atoms. The zero-order chi connectivity index (χ0) is 14.7. The standard InChI is InChI=1S/C16H24O3/c1-9(2)14(16(17)19-7)13-8-10(3)15(18-6)12(5)11(13)4/h8-9,14H,1-7H3. The molecule has 0 saturated heterocycles. The van der Waals surface area contributed by atoms with Crippen LogP contribution in [0.25, 0.3) is 0 Å². The average molecular weight is 264 g/mol. The fourth-order valence-corrected chi connectivity index (χ4v) is 2.61. The molecule has 0 aromatic heterocycles. The van der Waals surface area contributed by atoms with Gasteiger partial charge in [-0.1, -0.05) is 19.9 Å². The molecule has 0 saturated carbocycles. The summed E-state index contributed by atoms with van der Waals surface area (Å²) in [5, 5.41) is 0. The van der Waals surface area contributed by atoms with Crippen molar-refractivity contribution in [3.05, 3.63) is 28.3 Å². The van der Waals surface area contributed by atoms with Gasteiger partial charge in [0, 0.05) is 0 Å². The summed E-state index contributed by atoms with van der Waals surface area (Å²) in [4.78, 5) is 12.0. The zero-order valence-corrected chi connectivity index (χ0v) is 13.0. The fourth-order valence-electron chi connectivity index (χ4n) is 2.61. The molecule has 0 heterocycles. The molecule has 106 valence electrons. The second-order valence-electron chi connectivity index (χ2n) is 5.31. The maximum atomic E-state index is 12.0. The van der Waals surface area contributed by atoms with Gasteiger partial charge < -0.3 is 9.47 Å². The lowest BCUT2D eigenvalue weighted by atomic mass is 9.83. The maximum absolute atomic E-state index is 12.0. The third-order valence-electron chi connectivity index (χ3n) is 3.73. The first-order chi connectivity index (χ1) is 8.84. The van der Waals surface area contributed by atoms with Crippen LogP contribution in [0.1, 0.15) is 42.0 Å². The number of carbonyl (C=O) groups is 1. The van der Waals surface area contributed by atoms with Gasteiger partial charge in [0.05, 0.1) is 20.1 Å². The highest BCUT2D eigenvalue weighted by molar-refractivity contribution is 5.79. The van der Waals surface area contributed by atoms with Gasteiger partial charge in [0.15, 0.2) is 0 Å². The lowest BCUT2D eigenvalue weighted by molar-refractivity contribution is -0.143. The van der Waals surface area contributed by atoms with Gasteiger partial charge in [-0.3, -0.25) is 4.79 Å². The molecule has 0 fully saturated rings. The van der Waals surface area contributed by atoms with Crippen LogP contribution in [0.4, 0.5) is 0 Å². The minimum Gasteiger partial charge on any atom is -0.496 e. The summed E-state index contributed by atoms with van der Waals surface area (Å²) in [6.45, 7) is 10.1. The van der Waals surface area contributed by atoms with E-state index >= 15 is 0 Å². The number of hydrogen-bond donors (Lipinski definition) is 0. The molecule has 0 amide bonds. The molecule has 19 heavy (non-hydrogen) atoms. The molecule has 1 aromatic carbocycles. The highest BCUT2D eigenvalue weighted by Gasteiger charge is 2.28. The summed E-state index contributed by atoms with van der Waals surface area (Å²) in [5.74, 6) is 0.683. The van der Waals surface area contributed by atoms with E-state index in [4.69, 9.17) is 9.47 Å². The van der Waals surface area contributed by atoms with Crippen LogP contribution in [-0.4, -0.2) is 20.2 Å². The molecule has 0 aliphatic rings. The summed E-state index contributed by atoms with van der Waals surface area (Å²) in [6.07, 6.45) is 0. The van der Waals surface area contributed by atoms with E-state index in [0.29, 0.717) is 0 Å². The SMILES string of the molecule is COC(=O)C(c1cc(C)c(OC)c(C)c1C)C(C)C. The normalized spacial score (nSPS) is 12.4. The Balaban J connectivity index is 3.45. The van der Waals surface area contributed by atoms with Gasteiger partial charge in [0.1, 0.15) is 5.75 Å². The number of carbonyl (C=O) groups excluding carboxylic acids is 1. The first-order valence-corrected chi connectivity index (χ1v) is 6.57. The van der Waals surface area contributed by atoms with Crippen LogP contribution >= 0.6 is 0 Å². The van der Waals surface area contributed by atoms with Crippen molar-refractivity contribution in [2.45, 2.75) is 40.5 Å². The van der Waals surface area contributed by atoms with Crippen molar-refractivity contribution in [1.29, 1.82) is 0 Å². The van der Waals surface area contributed by atoms with Gasteiger partial charge in [-0.2, -0.15) is 0 Å². The minimum atomic E-state index is -0.228. The first-order valence-electron chi connectivity index (χ1n) is 6.57. The van der Waals surface area contributed by atoms with Crippen LogP contribution in [0.15, 0.2) is 6.07 Å². The molecular formula is C16H24O3. The van der Waals surface area contributed by atoms with Gasteiger partial charge in [0.25, 0.3) is 0 Å². The summed E-state index contributed by atoms with van der Waals surface area (Å²) in [7, 11) is 3.12. The Bertz CT molecular complexity index is 475. The Kier molecular flexibility index (Phi) is 4.98. The number of hydrogen-bond acceptors (Lipinski definition) is 3. The summed E-state index contributed by atoms with van der Waals surface area (Å²) < 4.78 is 10.4. The molecule has 0 radical (unpaired) electrons. The molecule has 1 atom stereocenters. The van der Waals surface area contributed by atoms with Crippen molar-refractivity contribution in [2.75, 3.05) is 14.2 Å². The summed E-state index contributed by atoms with van der Waals surface area (Å²) in [6, 6.07) is 2.04. The van der Waals surface area contributed by atoms with E-state index in [-0.39, 0.29) is 17.8 Å². The molecule has 1 aromatic rings. The Hall–Kier alpha value is -1.51. The number of benzene rings is 1. The molecule has 0 N–H and O–H groups in total. The van der Waals surface area contributed by atoms with E-state index in [1.807, 2.05) is 40.7 Å². The number of ether oxygens (including phenoxy) is 2. The smallest absolute Gasteiger partial charge is 0.313 e. The molecule has 3 heteroatoms. The second kappa shape index (κ2) is 6.09. The fraction of sp³-hybridized carbons (Fsp3) is 0.562. The van der Waals surface area contributed by atoms with Crippen LogP contribution in [0.5, 0.6) is 5.75 Å². The van der Waals surface area contributed by atoms with Crippen molar-refractivity contribution in [3.8, 4) is 5.75 Å². The van der Waals surface area contributed by atoms with Crippen LogP contribution in [-0.2, 0) is 9.53 Å². The lowest BCUT2D eigenvalue weighted by Crippen LogP contribution is -2.21. The van der Waals surface area contributed by atoms with Crippen molar-refractivity contribution in [1.82, 2.24) is 0 Å². The van der Waals surface area contributed by atoms with E-state index in [1.54, 1.807) is 7.11 Å². The van der Waals surface area contributed by atoms with Crippen molar-refractivity contribution >= 4 is 5.97 Å². The lowest BCUT2D eigenvalue weighted by Gasteiger charge is -2.23. The van der Waals surface area contributed by atoms with Gasteiger partial charge in [0.2, 0.25) is 0 Å². The molecule has 0 aliphatic heterocycles. The quantitative estimate of drug-likeness (QED) is 0.780. The molecule has 0 aliphatic carbocycles. The third kappa shape index (κ3) is 2.91. The molecule has 1 unspecified atom stereocenters. The van der Waals surface area contributed by atoms with E-state index < -0.39 is 0 Å². The predicted molar refractivity (Wildman–Crippen MR) is 76.8 cm³/mol. The van der Waals surface area contributed by atoms with Crippen molar-refractivity contribution in [3.63, 3.8) is 0 Å². The Morgan fingerprint density at radius 1 is 1.11 bits per heavy atom. The summed E-state index contributed by atoms with van der Waals surface area (Å²) in [5.41, 5.74) is 4.28. The highest BCUT2D eigenvalue weighted by atomic mass is 16.5. The monoisotopic (exact) mass is 264 g/mol. The predicted octanol–water partition coefficient (Wildman–Crippen LogP) is 3.53. The average Bonchev–Trinajstić information content (AvgIpc) is 2.35. The van der Waals surface area contributed by atoms with Crippen molar-refractivity contribution in [2.24, 2.45) is 5.92 Å². The highest BCUT2D eigenvalue weighted by Crippen LogP contribution is 2.35. The van der Waals surface area contributed by atoms with Crippen LogP contribution in [0.3, 0.4) is 0 Å². The Morgan fingerprint density at radius 3 is 2.11 bits per heavy atom. The maximum Gasteiger partial charge on any atom is 0.313 e. The molecule has 0 bridgehead atoms. The molecular weight excluding hydrogens is 240 g/mol. The Labute approximate surface area is 115 Å². The second-order valence-corrected chi connectivity index (χ2v) is 5.31. The zero-order valence-electron chi connectivity index (χ0n) is 13.0. The van der Waals surface area contributed by atoms with E-state index in [0.717, 1.165) is 28.0 Å². The molecule has 1 rings (SSSR count). The largest absolute Gasteiger partial charge is 0.496 e. The first kappa shape index (κ1) is 15.5. The number of rotatable bonds is 4. The van der Waals surface area contributed by atoms with Crippen LogP contribution in [0.2, 0.25) is 0 Å². The number of methoxy groups -OCH3 is 2. The van der Waals surface area contributed by atoms with Crippen LogP contribution in [0, 0.1) is 26.7 Å². The van der Waals surface area contributed by atoms with E-state index in [1.165, 1.54) is 7.11 Å². The van der Waals surface area contributed by atoms with Crippen LogP contribution < -0.4 is 4.74 Å². The minimum absolute atomic E-state index is 0.179. The summed E-state index contributed by atoms with van der Waals surface area (Å²) >= 11 is 0.